The van der Waals surface area contributed by atoms with Crippen LogP contribution >= 0.6 is 15.9 Å². The van der Waals surface area contributed by atoms with Gasteiger partial charge in [0.15, 0.2) is 0 Å². The number of halogens is 2. The van der Waals surface area contributed by atoms with Crippen LogP contribution in [0.3, 0.4) is 0 Å². The lowest BCUT2D eigenvalue weighted by atomic mass is 10.1. The molecule has 7 heteroatoms. The van der Waals surface area contributed by atoms with Crippen LogP contribution in [-0.4, -0.2) is 21.2 Å². The van der Waals surface area contributed by atoms with Crippen LogP contribution in [0.4, 0.5) is 10.1 Å². The van der Waals surface area contributed by atoms with Crippen LogP contribution in [0.1, 0.15) is 23.1 Å². The average Bonchev–Trinajstić information content (AvgIpc) is 2.98. The summed E-state index contributed by atoms with van der Waals surface area (Å²) in [5.41, 5.74) is 0.485. The van der Waals surface area contributed by atoms with Gasteiger partial charge in [-0.2, -0.15) is 0 Å². The van der Waals surface area contributed by atoms with Crippen LogP contribution in [0.2, 0.25) is 0 Å². The van der Waals surface area contributed by atoms with E-state index in [4.69, 9.17) is 0 Å². The summed E-state index contributed by atoms with van der Waals surface area (Å²) in [5.74, 6) is -1.25. The molecule has 3 rings (SSSR count). The molecule has 0 saturated heterocycles. The zero-order valence-electron chi connectivity index (χ0n) is 11.1. The van der Waals surface area contributed by atoms with Crippen LogP contribution in [-0.2, 0) is 17.9 Å². The van der Waals surface area contributed by atoms with Gasteiger partial charge in [-0.25, -0.2) is 9.37 Å². The molecular weight excluding hydrogens is 341 g/mol. The first kappa shape index (κ1) is 13.9. The number of hydrogen-bond donors (Lipinski definition) is 0. The molecule has 108 valence electrons. The Morgan fingerprint density at radius 1 is 1.33 bits per heavy atom. The number of aromatic nitrogens is 2. The van der Waals surface area contributed by atoms with Crippen LogP contribution < -0.4 is 4.90 Å². The monoisotopic (exact) mass is 351 g/mol. The van der Waals surface area contributed by atoms with Gasteiger partial charge in [-0.05, 0) is 35.0 Å². The Labute approximate surface area is 128 Å². The molecule has 5 nitrogen and oxygen atoms in total. The molecule has 1 aromatic heterocycles. The third kappa shape index (κ3) is 2.17. The van der Waals surface area contributed by atoms with Crippen molar-refractivity contribution < 1.29 is 14.0 Å². The zero-order chi connectivity index (χ0) is 15.1. The third-order valence-electron chi connectivity index (χ3n) is 3.42. The second-order valence-corrected chi connectivity index (χ2v) is 5.49. The summed E-state index contributed by atoms with van der Waals surface area (Å²) >= 11 is 3.22. The van der Waals surface area contributed by atoms with Gasteiger partial charge < -0.3 is 4.57 Å². The fourth-order valence-electron chi connectivity index (χ4n) is 2.42. The van der Waals surface area contributed by atoms with E-state index >= 15 is 0 Å². The molecule has 0 bridgehead atoms. The number of imidazole rings is 1. The fraction of sp³-hybridized carbons (Fsp3) is 0.214. The molecule has 2 heterocycles. The predicted octanol–water partition coefficient (Wildman–Crippen LogP) is 2.53. The van der Waals surface area contributed by atoms with Crippen molar-refractivity contribution in [3.8, 4) is 0 Å². The van der Waals surface area contributed by atoms with Gasteiger partial charge >= 0.3 is 0 Å². The molecule has 0 fully saturated rings. The van der Waals surface area contributed by atoms with Gasteiger partial charge in [0.05, 0.1) is 17.8 Å². The topological polar surface area (TPSA) is 55.2 Å². The van der Waals surface area contributed by atoms with E-state index in [1.54, 1.807) is 12.4 Å². The number of amides is 1. The maximum Gasteiger partial charge on any atom is 0.299 e. The molecular formula is C14H11BrFN3O2. The highest BCUT2D eigenvalue weighted by Crippen LogP contribution is 2.37. The van der Waals surface area contributed by atoms with Gasteiger partial charge in [-0.15, -0.1) is 0 Å². The Kier molecular flexibility index (Phi) is 3.36. The van der Waals surface area contributed by atoms with Gasteiger partial charge in [0.2, 0.25) is 0 Å². The quantitative estimate of drug-likeness (QED) is 0.798. The van der Waals surface area contributed by atoms with E-state index in [0.717, 1.165) is 6.07 Å². The number of nitrogens with zero attached hydrogens (tertiary/aromatic N) is 3. The summed E-state index contributed by atoms with van der Waals surface area (Å²) in [6.45, 7) is 2.84. The Balaban J connectivity index is 2.06. The zero-order valence-corrected chi connectivity index (χ0v) is 12.7. The van der Waals surface area contributed by atoms with Crippen molar-refractivity contribution in [3.05, 3.63) is 46.2 Å². The van der Waals surface area contributed by atoms with Crippen molar-refractivity contribution in [1.29, 1.82) is 0 Å². The van der Waals surface area contributed by atoms with E-state index in [2.05, 4.69) is 20.9 Å². The minimum Gasteiger partial charge on any atom is -0.334 e. The first-order valence-electron chi connectivity index (χ1n) is 6.38. The molecule has 2 aromatic rings. The van der Waals surface area contributed by atoms with Gasteiger partial charge in [0, 0.05) is 23.4 Å². The number of carbonyl (C=O) groups is 2. The Morgan fingerprint density at radius 2 is 2.10 bits per heavy atom. The number of fused-ring (bicyclic) bond motifs is 1. The molecule has 21 heavy (non-hydrogen) atoms. The van der Waals surface area contributed by atoms with Crippen LogP contribution in [0.15, 0.2) is 29.0 Å². The highest BCUT2D eigenvalue weighted by molar-refractivity contribution is 9.10. The van der Waals surface area contributed by atoms with Crippen molar-refractivity contribution in [3.63, 3.8) is 0 Å². The van der Waals surface area contributed by atoms with Crippen LogP contribution in [0.5, 0.6) is 0 Å². The van der Waals surface area contributed by atoms with Crippen molar-refractivity contribution in [2.75, 3.05) is 4.90 Å². The fourth-order valence-corrected chi connectivity index (χ4v) is 3.07. The van der Waals surface area contributed by atoms with Crippen molar-refractivity contribution >= 4 is 33.3 Å². The van der Waals surface area contributed by atoms with E-state index in [1.807, 2.05) is 11.5 Å². The van der Waals surface area contributed by atoms with Gasteiger partial charge in [0.1, 0.15) is 11.6 Å². The molecule has 1 aliphatic heterocycles. The van der Waals surface area contributed by atoms with Crippen LogP contribution in [0, 0.1) is 5.82 Å². The van der Waals surface area contributed by atoms with E-state index in [0.29, 0.717) is 22.5 Å². The molecule has 1 amide bonds. The Morgan fingerprint density at radius 3 is 2.81 bits per heavy atom. The summed E-state index contributed by atoms with van der Waals surface area (Å²) in [5, 5.41) is 0. The predicted molar refractivity (Wildman–Crippen MR) is 77.5 cm³/mol. The number of aryl methyl sites for hydroxylation is 1. The lowest BCUT2D eigenvalue weighted by molar-refractivity contribution is -0.114. The second-order valence-electron chi connectivity index (χ2n) is 4.63. The number of benzene rings is 1. The van der Waals surface area contributed by atoms with Crippen molar-refractivity contribution in [1.82, 2.24) is 9.55 Å². The number of ketones is 1. The lowest BCUT2D eigenvalue weighted by Crippen LogP contribution is -2.30. The SMILES string of the molecule is CCn1ccnc1CN1C(=O)C(=O)c2cc(F)cc(Br)c21. The molecule has 0 spiro atoms. The normalized spacial score (nSPS) is 14.0. The largest absolute Gasteiger partial charge is 0.334 e. The highest BCUT2D eigenvalue weighted by atomic mass is 79.9. The van der Waals surface area contributed by atoms with Crippen molar-refractivity contribution in [2.45, 2.75) is 20.0 Å². The first-order chi connectivity index (χ1) is 10.0. The minimum atomic E-state index is -0.695. The molecule has 0 saturated carbocycles. The van der Waals surface area contributed by atoms with E-state index in [1.165, 1.54) is 11.0 Å². The van der Waals surface area contributed by atoms with Gasteiger partial charge in [-0.1, -0.05) is 0 Å². The number of anilines is 1. The molecule has 0 atom stereocenters. The van der Waals surface area contributed by atoms with E-state index in [9.17, 15) is 14.0 Å². The third-order valence-corrected chi connectivity index (χ3v) is 4.03. The summed E-state index contributed by atoms with van der Waals surface area (Å²) < 4.78 is 15.7. The summed E-state index contributed by atoms with van der Waals surface area (Å²) in [4.78, 5) is 29.7. The second kappa shape index (κ2) is 5.07. The van der Waals surface area contributed by atoms with E-state index < -0.39 is 17.5 Å². The van der Waals surface area contributed by atoms with E-state index in [-0.39, 0.29) is 12.1 Å². The summed E-state index contributed by atoms with van der Waals surface area (Å²) in [7, 11) is 0. The first-order valence-corrected chi connectivity index (χ1v) is 7.17. The molecule has 0 aliphatic carbocycles. The van der Waals surface area contributed by atoms with Crippen LogP contribution in [0.25, 0.3) is 0 Å². The Hall–Kier alpha value is -2.02. The Bertz CT molecular complexity index is 757. The molecule has 0 N–H and O–H groups in total. The number of rotatable bonds is 3. The average molecular weight is 352 g/mol. The smallest absolute Gasteiger partial charge is 0.299 e. The maximum absolute atomic E-state index is 13.4. The lowest BCUT2D eigenvalue weighted by Gasteiger charge is -2.18. The summed E-state index contributed by atoms with van der Waals surface area (Å²) in [6.07, 6.45) is 3.44. The number of Topliss-reactive ketones (excluding diaryl/α,β-unsaturated/α-hetero) is 1. The molecule has 0 unspecified atom stereocenters. The summed E-state index contributed by atoms with van der Waals surface area (Å²) in [6, 6.07) is 2.33. The standard InChI is InChI=1S/C14H11BrFN3O2/c1-2-18-4-3-17-11(18)7-19-12-9(13(20)14(19)21)5-8(16)6-10(12)15/h3-6H,2,7H2,1H3. The van der Waals surface area contributed by atoms with Crippen molar-refractivity contribution in [2.24, 2.45) is 0 Å². The molecule has 1 aromatic carbocycles. The van der Waals surface area contributed by atoms with Gasteiger partial charge in [0.25, 0.3) is 11.7 Å². The number of carbonyl (C=O) groups excluding carboxylic acids is 2. The molecule has 0 radical (unpaired) electrons. The molecule has 1 aliphatic rings. The number of hydrogen-bond acceptors (Lipinski definition) is 3. The highest BCUT2D eigenvalue weighted by Gasteiger charge is 2.38. The minimum absolute atomic E-state index is 0.0847. The van der Waals surface area contributed by atoms with Gasteiger partial charge in [-0.3, -0.25) is 14.5 Å². The maximum atomic E-state index is 13.4.